The lowest BCUT2D eigenvalue weighted by Gasteiger charge is -2.02. The van der Waals surface area contributed by atoms with Crippen LogP contribution >= 0.6 is 0 Å². The molecule has 0 fully saturated rings. The Kier molecular flexibility index (Phi) is 3.76. The predicted octanol–water partition coefficient (Wildman–Crippen LogP) is 2.13. The molecule has 0 atom stereocenters. The number of benzene rings is 2. The first-order valence-electron chi connectivity index (χ1n) is 6.81. The largest absolute Gasteiger partial charge is 0.465 e. The Labute approximate surface area is 131 Å². The Morgan fingerprint density at radius 2 is 1.70 bits per heavy atom. The van der Waals surface area contributed by atoms with Crippen molar-refractivity contribution in [3.63, 3.8) is 0 Å². The van der Waals surface area contributed by atoms with Crippen molar-refractivity contribution in [1.29, 1.82) is 0 Å². The summed E-state index contributed by atoms with van der Waals surface area (Å²) in [7, 11) is 1.33. The number of ether oxygens (including phenoxy) is 2. The fourth-order valence-electron chi connectivity index (χ4n) is 2.09. The van der Waals surface area contributed by atoms with Crippen molar-refractivity contribution >= 4 is 23.0 Å². The van der Waals surface area contributed by atoms with Crippen molar-refractivity contribution in [1.82, 2.24) is 15.0 Å². The fraction of sp³-hybridized carbons (Fsp3) is 0.125. The molecular formula is C16H13N3O4. The first kappa shape index (κ1) is 14.7. The quantitative estimate of drug-likeness (QED) is 0.544. The van der Waals surface area contributed by atoms with Gasteiger partial charge < -0.3 is 9.47 Å². The highest BCUT2D eigenvalue weighted by Gasteiger charge is 2.10. The van der Waals surface area contributed by atoms with E-state index in [2.05, 4.69) is 14.9 Å². The van der Waals surface area contributed by atoms with Crippen LogP contribution in [0.25, 0.3) is 16.7 Å². The van der Waals surface area contributed by atoms with Gasteiger partial charge >= 0.3 is 11.9 Å². The van der Waals surface area contributed by atoms with Crippen molar-refractivity contribution in [2.45, 2.75) is 6.92 Å². The number of aromatic nitrogens is 3. The third-order valence-electron chi connectivity index (χ3n) is 3.13. The molecule has 7 heteroatoms. The van der Waals surface area contributed by atoms with Crippen LogP contribution in [0.3, 0.4) is 0 Å². The molecule has 2 aromatic carbocycles. The molecule has 0 unspecified atom stereocenters. The summed E-state index contributed by atoms with van der Waals surface area (Å²) >= 11 is 0. The molecule has 0 amide bonds. The minimum absolute atomic E-state index is 0.379. The molecule has 0 spiro atoms. The zero-order valence-corrected chi connectivity index (χ0v) is 12.5. The van der Waals surface area contributed by atoms with Gasteiger partial charge in [-0.25, -0.2) is 4.79 Å². The molecule has 0 N–H and O–H groups in total. The van der Waals surface area contributed by atoms with E-state index in [0.717, 1.165) is 0 Å². The first-order chi connectivity index (χ1) is 11.1. The molecule has 1 heterocycles. The number of methoxy groups -OCH3 is 1. The molecule has 0 aliphatic rings. The summed E-state index contributed by atoms with van der Waals surface area (Å²) in [4.78, 5) is 23.9. The van der Waals surface area contributed by atoms with Crippen LogP contribution < -0.4 is 4.74 Å². The molecule has 0 aliphatic carbocycles. The van der Waals surface area contributed by atoms with E-state index in [-0.39, 0.29) is 5.97 Å². The van der Waals surface area contributed by atoms with Gasteiger partial charge in [0, 0.05) is 6.92 Å². The average Bonchev–Trinajstić information content (AvgIpc) is 2.97. The van der Waals surface area contributed by atoms with Gasteiger partial charge in [-0.15, -0.1) is 10.2 Å². The Balaban J connectivity index is 1.93. The summed E-state index contributed by atoms with van der Waals surface area (Å²) in [5, 5.41) is 8.69. The van der Waals surface area contributed by atoms with Crippen LogP contribution in [-0.2, 0) is 9.53 Å². The normalized spacial score (nSPS) is 10.5. The lowest BCUT2D eigenvalue weighted by molar-refractivity contribution is -0.131. The summed E-state index contributed by atoms with van der Waals surface area (Å²) in [6, 6.07) is 11.7. The van der Waals surface area contributed by atoms with Crippen LogP contribution in [0, 0.1) is 0 Å². The van der Waals surface area contributed by atoms with Gasteiger partial charge in [-0.2, -0.15) is 4.80 Å². The maximum absolute atomic E-state index is 11.5. The Morgan fingerprint density at radius 1 is 1.00 bits per heavy atom. The summed E-state index contributed by atoms with van der Waals surface area (Å²) < 4.78 is 9.66. The van der Waals surface area contributed by atoms with Gasteiger partial charge in [0.1, 0.15) is 16.8 Å². The molecule has 7 nitrogen and oxygen atoms in total. The fourth-order valence-corrected chi connectivity index (χ4v) is 2.09. The summed E-state index contributed by atoms with van der Waals surface area (Å²) in [6.45, 7) is 1.34. The van der Waals surface area contributed by atoms with Gasteiger partial charge in [-0.3, -0.25) is 4.79 Å². The smallest absolute Gasteiger partial charge is 0.337 e. The summed E-state index contributed by atoms with van der Waals surface area (Å²) in [5.41, 5.74) is 2.35. The lowest BCUT2D eigenvalue weighted by Crippen LogP contribution is -2.02. The van der Waals surface area contributed by atoms with E-state index in [1.807, 2.05) is 0 Å². The zero-order chi connectivity index (χ0) is 16.4. The van der Waals surface area contributed by atoms with E-state index in [0.29, 0.717) is 28.0 Å². The molecular weight excluding hydrogens is 298 g/mol. The SMILES string of the molecule is COC(=O)c1ccc2nn(-c3ccc(OC(C)=O)cc3)nc2c1. The van der Waals surface area contributed by atoms with Gasteiger partial charge in [-0.1, -0.05) is 0 Å². The van der Waals surface area contributed by atoms with Crippen molar-refractivity contribution in [3.8, 4) is 11.4 Å². The number of carbonyl (C=O) groups excluding carboxylic acids is 2. The van der Waals surface area contributed by atoms with Gasteiger partial charge in [0.25, 0.3) is 0 Å². The number of hydrogen-bond acceptors (Lipinski definition) is 6. The van der Waals surface area contributed by atoms with Crippen molar-refractivity contribution in [3.05, 3.63) is 48.0 Å². The van der Waals surface area contributed by atoms with Crippen LogP contribution in [0.15, 0.2) is 42.5 Å². The van der Waals surface area contributed by atoms with E-state index in [1.54, 1.807) is 42.5 Å². The van der Waals surface area contributed by atoms with Crippen molar-refractivity contribution in [2.75, 3.05) is 7.11 Å². The Bertz CT molecular complexity index is 884. The maximum atomic E-state index is 11.5. The second-order valence-electron chi connectivity index (χ2n) is 4.77. The first-order valence-corrected chi connectivity index (χ1v) is 6.81. The standard InChI is InChI=1S/C16H13N3O4/c1-10(20)23-13-6-4-12(5-7-13)19-17-14-8-3-11(16(21)22-2)9-15(14)18-19/h3-9H,1-2H3. The highest BCUT2D eigenvalue weighted by atomic mass is 16.5. The van der Waals surface area contributed by atoms with E-state index >= 15 is 0 Å². The molecule has 23 heavy (non-hydrogen) atoms. The predicted molar refractivity (Wildman–Crippen MR) is 81.5 cm³/mol. The second kappa shape index (κ2) is 5.88. The van der Waals surface area contributed by atoms with Gasteiger partial charge in [0.05, 0.1) is 18.4 Å². The maximum Gasteiger partial charge on any atom is 0.337 e. The number of nitrogens with zero attached hydrogens (tertiary/aromatic N) is 3. The third-order valence-corrected chi connectivity index (χ3v) is 3.13. The number of carbonyl (C=O) groups is 2. The van der Waals surface area contributed by atoms with Crippen LogP contribution in [-0.4, -0.2) is 34.0 Å². The molecule has 1 aromatic heterocycles. The molecule has 0 saturated carbocycles. The van der Waals surface area contributed by atoms with E-state index in [9.17, 15) is 9.59 Å². The number of rotatable bonds is 3. The van der Waals surface area contributed by atoms with Crippen LogP contribution in [0.5, 0.6) is 5.75 Å². The molecule has 3 aromatic rings. The van der Waals surface area contributed by atoms with Crippen molar-refractivity contribution < 1.29 is 19.1 Å². The third kappa shape index (κ3) is 3.03. The average molecular weight is 311 g/mol. The molecule has 0 radical (unpaired) electrons. The number of fused-ring (bicyclic) bond motifs is 1. The van der Waals surface area contributed by atoms with Crippen LogP contribution in [0.1, 0.15) is 17.3 Å². The van der Waals surface area contributed by atoms with Gasteiger partial charge in [-0.05, 0) is 42.5 Å². The lowest BCUT2D eigenvalue weighted by atomic mass is 10.2. The second-order valence-corrected chi connectivity index (χ2v) is 4.77. The van der Waals surface area contributed by atoms with E-state index in [1.165, 1.54) is 18.8 Å². The molecule has 0 aliphatic heterocycles. The molecule has 0 saturated heterocycles. The zero-order valence-electron chi connectivity index (χ0n) is 12.5. The topological polar surface area (TPSA) is 83.3 Å². The summed E-state index contributed by atoms with van der Waals surface area (Å²) in [5.74, 6) is -0.353. The molecule has 0 bridgehead atoms. The number of esters is 2. The van der Waals surface area contributed by atoms with Crippen LogP contribution in [0.2, 0.25) is 0 Å². The highest BCUT2D eigenvalue weighted by molar-refractivity contribution is 5.93. The minimum Gasteiger partial charge on any atom is -0.465 e. The van der Waals surface area contributed by atoms with Gasteiger partial charge in [0.15, 0.2) is 0 Å². The molecule has 116 valence electrons. The van der Waals surface area contributed by atoms with Gasteiger partial charge in [0.2, 0.25) is 0 Å². The Hall–Kier alpha value is -3.22. The number of hydrogen-bond donors (Lipinski definition) is 0. The Morgan fingerprint density at radius 3 is 2.35 bits per heavy atom. The highest BCUT2D eigenvalue weighted by Crippen LogP contribution is 2.17. The minimum atomic E-state index is -0.424. The van der Waals surface area contributed by atoms with Crippen LogP contribution in [0.4, 0.5) is 0 Å². The molecule has 3 rings (SSSR count). The van der Waals surface area contributed by atoms with E-state index in [4.69, 9.17) is 4.74 Å². The van der Waals surface area contributed by atoms with E-state index < -0.39 is 5.97 Å². The van der Waals surface area contributed by atoms with Crippen molar-refractivity contribution in [2.24, 2.45) is 0 Å². The monoisotopic (exact) mass is 311 g/mol. The summed E-state index contributed by atoms with van der Waals surface area (Å²) in [6.07, 6.45) is 0.